The van der Waals surface area contributed by atoms with E-state index in [9.17, 15) is 10.0 Å². The van der Waals surface area contributed by atoms with Gasteiger partial charge in [0.15, 0.2) is 5.79 Å². The number of rotatable bonds is 3. The molecule has 2 rings (SSSR count). The molecule has 1 N–H and O–H groups in total. The van der Waals surface area contributed by atoms with Gasteiger partial charge in [-0.3, -0.25) is 0 Å². The zero-order valence-electron chi connectivity index (χ0n) is 15.3. The SMILES string of the molecule is CN(CC1COC(C)(C)O1)C(=O)OC1CC(C)(C)N(O)C1(C)C. The van der Waals surface area contributed by atoms with E-state index in [0.29, 0.717) is 19.6 Å². The molecular weight excluding hydrogens is 300 g/mol. The maximum Gasteiger partial charge on any atom is 0.409 e. The van der Waals surface area contributed by atoms with Gasteiger partial charge in [0.05, 0.1) is 18.7 Å². The Kier molecular flexibility index (Phi) is 4.71. The zero-order valence-corrected chi connectivity index (χ0v) is 15.3. The van der Waals surface area contributed by atoms with E-state index < -0.39 is 23.0 Å². The molecular formula is C16H30N2O5. The number of hydrogen-bond acceptors (Lipinski definition) is 6. The fraction of sp³-hybridized carbons (Fsp3) is 0.938. The third-order valence-corrected chi connectivity index (χ3v) is 4.69. The summed E-state index contributed by atoms with van der Waals surface area (Å²) >= 11 is 0. The molecule has 0 spiro atoms. The Labute approximate surface area is 138 Å². The number of hydrogen-bond donors (Lipinski definition) is 1. The first-order chi connectivity index (χ1) is 10.3. The first-order valence-electron chi connectivity index (χ1n) is 8.08. The van der Waals surface area contributed by atoms with Crippen molar-refractivity contribution in [2.75, 3.05) is 20.2 Å². The predicted molar refractivity (Wildman–Crippen MR) is 84.2 cm³/mol. The van der Waals surface area contributed by atoms with Crippen molar-refractivity contribution >= 4 is 6.09 Å². The summed E-state index contributed by atoms with van der Waals surface area (Å²) < 4.78 is 16.9. The minimum absolute atomic E-state index is 0.162. The number of likely N-dealkylation sites (N-methyl/N-ethyl adjacent to an activating group) is 1. The van der Waals surface area contributed by atoms with E-state index in [1.165, 1.54) is 9.96 Å². The fourth-order valence-electron chi connectivity index (χ4n) is 3.34. The fourth-order valence-corrected chi connectivity index (χ4v) is 3.34. The minimum atomic E-state index is -0.630. The van der Waals surface area contributed by atoms with Gasteiger partial charge < -0.3 is 24.3 Å². The molecule has 2 fully saturated rings. The number of amides is 1. The van der Waals surface area contributed by atoms with Crippen LogP contribution >= 0.6 is 0 Å². The molecule has 0 aromatic rings. The number of carbonyl (C=O) groups excluding carboxylic acids is 1. The van der Waals surface area contributed by atoms with E-state index in [1.54, 1.807) is 7.05 Å². The lowest BCUT2D eigenvalue weighted by Gasteiger charge is -2.35. The molecule has 1 amide bonds. The minimum Gasteiger partial charge on any atom is -0.444 e. The normalized spacial score (nSPS) is 32.0. The van der Waals surface area contributed by atoms with E-state index in [4.69, 9.17) is 14.2 Å². The zero-order chi connectivity index (χ0) is 17.6. The van der Waals surface area contributed by atoms with Crippen molar-refractivity contribution in [1.29, 1.82) is 0 Å². The molecule has 2 heterocycles. The van der Waals surface area contributed by atoms with Gasteiger partial charge >= 0.3 is 6.09 Å². The maximum absolute atomic E-state index is 12.4. The molecule has 0 aliphatic carbocycles. The van der Waals surface area contributed by atoms with Gasteiger partial charge in [0.25, 0.3) is 0 Å². The topological polar surface area (TPSA) is 71.5 Å². The van der Waals surface area contributed by atoms with Crippen LogP contribution in [0.15, 0.2) is 0 Å². The first kappa shape index (κ1) is 18.4. The Morgan fingerprint density at radius 2 is 1.91 bits per heavy atom. The molecule has 0 bridgehead atoms. The average Bonchev–Trinajstić information content (AvgIpc) is 2.81. The summed E-state index contributed by atoms with van der Waals surface area (Å²) in [6, 6.07) is 0. The lowest BCUT2D eigenvalue weighted by Crippen LogP contribution is -2.50. The van der Waals surface area contributed by atoms with Gasteiger partial charge in [-0.05, 0) is 41.5 Å². The highest BCUT2D eigenvalue weighted by Crippen LogP contribution is 2.40. The molecule has 2 aliphatic rings. The van der Waals surface area contributed by atoms with E-state index >= 15 is 0 Å². The van der Waals surface area contributed by atoms with Crippen molar-refractivity contribution < 1.29 is 24.2 Å². The number of carbonyl (C=O) groups is 1. The summed E-state index contributed by atoms with van der Waals surface area (Å²) in [6.45, 7) is 12.2. The van der Waals surface area contributed by atoms with Gasteiger partial charge in [-0.1, -0.05) is 0 Å². The summed E-state index contributed by atoms with van der Waals surface area (Å²) in [5.41, 5.74) is -1.06. The van der Waals surface area contributed by atoms with Crippen LogP contribution in [-0.4, -0.2) is 70.5 Å². The second-order valence-electron chi connectivity index (χ2n) is 8.19. The second-order valence-corrected chi connectivity index (χ2v) is 8.19. The van der Waals surface area contributed by atoms with Gasteiger partial charge in [0.2, 0.25) is 0 Å². The van der Waals surface area contributed by atoms with E-state index in [-0.39, 0.29) is 12.2 Å². The van der Waals surface area contributed by atoms with Gasteiger partial charge in [0, 0.05) is 19.0 Å². The third-order valence-electron chi connectivity index (χ3n) is 4.69. The van der Waals surface area contributed by atoms with Crippen LogP contribution in [0.1, 0.15) is 48.0 Å². The highest BCUT2D eigenvalue weighted by atomic mass is 16.7. The maximum atomic E-state index is 12.4. The van der Waals surface area contributed by atoms with E-state index in [2.05, 4.69) is 0 Å². The Bertz CT molecular complexity index is 463. The predicted octanol–water partition coefficient (Wildman–Crippen LogP) is 2.23. The van der Waals surface area contributed by atoms with Gasteiger partial charge in [0.1, 0.15) is 12.2 Å². The average molecular weight is 330 g/mol. The molecule has 2 aliphatic heterocycles. The lowest BCUT2D eigenvalue weighted by atomic mass is 9.97. The van der Waals surface area contributed by atoms with Crippen LogP contribution in [0.3, 0.4) is 0 Å². The molecule has 7 nitrogen and oxygen atoms in total. The van der Waals surface area contributed by atoms with Crippen molar-refractivity contribution in [1.82, 2.24) is 9.96 Å². The van der Waals surface area contributed by atoms with Crippen LogP contribution in [0.5, 0.6) is 0 Å². The Morgan fingerprint density at radius 1 is 1.30 bits per heavy atom. The molecule has 0 saturated carbocycles. The van der Waals surface area contributed by atoms with Crippen LogP contribution in [0.25, 0.3) is 0 Å². The molecule has 7 heteroatoms. The molecule has 0 radical (unpaired) electrons. The van der Waals surface area contributed by atoms with Gasteiger partial charge in [-0.15, -0.1) is 0 Å². The van der Waals surface area contributed by atoms with Crippen molar-refractivity contribution in [2.45, 2.75) is 77.0 Å². The second kappa shape index (κ2) is 5.88. The summed E-state index contributed by atoms with van der Waals surface area (Å²) in [5, 5.41) is 11.6. The van der Waals surface area contributed by atoms with Crippen molar-refractivity contribution in [3.63, 3.8) is 0 Å². The number of nitrogens with zero attached hydrogens (tertiary/aromatic N) is 2. The summed E-state index contributed by atoms with van der Waals surface area (Å²) in [6.07, 6.45) is -0.381. The first-order valence-corrected chi connectivity index (χ1v) is 8.08. The number of hydroxylamine groups is 2. The quantitative estimate of drug-likeness (QED) is 0.855. The Morgan fingerprint density at radius 3 is 2.35 bits per heavy atom. The Balaban J connectivity index is 1.92. The monoisotopic (exact) mass is 330 g/mol. The van der Waals surface area contributed by atoms with Crippen molar-refractivity contribution in [2.24, 2.45) is 0 Å². The van der Waals surface area contributed by atoms with E-state index in [0.717, 1.165) is 0 Å². The molecule has 2 unspecified atom stereocenters. The molecule has 0 aromatic carbocycles. The van der Waals surface area contributed by atoms with Gasteiger partial charge in [-0.25, -0.2) is 4.79 Å². The molecule has 2 atom stereocenters. The molecule has 0 aromatic heterocycles. The molecule has 134 valence electrons. The summed E-state index contributed by atoms with van der Waals surface area (Å²) in [4.78, 5) is 13.9. The number of ether oxygens (including phenoxy) is 3. The Hall–Kier alpha value is -0.890. The van der Waals surface area contributed by atoms with Crippen molar-refractivity contribution in [3.8, 4) is 0 Å². The largest absolute Gasteiger partial charge is 0.444 e. The van der Waals surface area contributed by atoms with Crippen LogP contribution in [0.2, 0.25) is 0 Å². The highest BCUT2D eigenvalue weighted by molar-refractivity contribution is 5.67. The van der Waals surface area contributed by atoms with Crippen LogP contribution in [-0.2, 0) is 14.2 Å². The van der Waals surface area contributed by atoms with E-state index in [1.807, 2.05) is 41.5 Å². The third kappa shape index (κ3) is 3.79. The lowest BCUT2D eigenvalue weighted by molar-refractivity contribution is -0.201. The van der Waals surface area contributed by atoms with Crippen LogP contribution < -0.4 is 0 Å². The molecule has 23 heavy (non-hydrogen) atoms. The standard InChI is InChI=1S/C16H30N2O5/c1-14(2)8-12(15(3,4)18(14)20)22-13(19)17(7)9-11-10-21-16(5,6)23-11/h11-12,20H,8-10H2,1-7H3. The summed E-state index contributed by atoms with van der Waals surface area (Å²) in [7, 11) is 1.68. The highest BCUT2D eigenvalue weighted by Gasteiger charge is 2.53. The van der Waals surface area contributed by atoms with Crippen LogP contribution in [0, 0.1) is 0 Å². The van der Waals surface area contributed by atoms with Crippen LogP contribution in [0.4, 0.5) is 4.79 Å². The summed E-state index contributed by atoms with van der Waals surface area (Å²) in [5.74, 6) is -0.607. The smallest absolute Gasteiger partial charge is 0.409 e. The van der Waals surface area contributed by atoms with Crippen molar-refractivity contribution in [3.05, 3.63) is 0 Å². The molecule has 2 saturated heterocycles. The van der Waals surface area contributed by atoms with Gasteiger partial charge in [-0.2, -0.15) is 5.06 Å².